The Morgan fingerprint density at radius 3 is 2.16 bits per heavy atom. The zero-order valence-electron chi connectivity index (χ0n) is 14.7. The van der Waals surface area contributed by atoms with Crippen molar-refractivity contribution in [2.45, 2.75) is 25.5 Å². The molecule has 0 saturated heterocycles. The molecule has 2 rings (SSSR count). The van der Waals surface area contributed by atoms with Crippen molar-refractivity contribution in [3.05, 3.63) is 71.8 Å². The number of rotatable bonds is 12. The third-order valence-corrected chi connectivity index (χ3v) is 4.12. The van der Waals surface area contributed by atoms with Gasteiger partial charge in [-0.15, -0.1) is 0 Å². The Bertz CT molecular complexity index is 562. The molecule has 136 valence electrons. The van der Waals surface area contributed by atoms with E-state index in [4.69, 9.17) is 4.74 Å². The van der Waals surface area contributed by atoms with Gasteiger partial charge < -0.3 is 20.3 Å². The molecule has 4 heteroatoms. The van der Waals surface area contributed by atoms with E-state index in [1.54, 1.807) is 0 Å². The van der Waals surface area contributed by atoms with Crippen molar-refractivity contribution in [3.63, 3.8) is 0 Å². The number of hydrogen-bond donors (Lipinski definition) is 3. The minimum atomic E-state index is -0.532. The lowest BCUT2D eigenvalue weighted by molar-refractivity contribution is 0.0178. The van der Waals surface area contributed by atoms with Crippen LogP contribution in [-0.2, 0) is 17.7 Å². The Morgan fingerprint density at radius 1 is 0.880 bits per heavy atom. The number of aliphatic hydroxyl groups is 2. The molecule has 0 aliphatic rings. The predicted molar refractivity (Wildman–Crippen MR) is 100 cm³/mol. The average Bonchev–Trinajstić information content (AvgIpc) is 2.63. The van der Waals surface area contributed by atoms with E-state index in [0.717, 1.165) is 13.0 Å². The van der Waals surface area contributed by atoms with Gasteiger partial charge in [0.1, 0.15) is 0 Å². The van der Waals surface area contributed by atoms with Crippen LogP contribution in [0.15, 0.2) is 60.7 Å². The normalized spacial score (nSPS) is 13.5. The molecule has 0 radical (unpaired) electrons. The molecule has 2 atom stereocenters. The van der Waals surface area contributed by atoms with E-state index in [9.17, 15) is 10.2 Å². The maximum absolute atomic E-state index is 10.0. The highest BCUT2D eigenvalue weighted by atomic mass is 16.5. The van der Waals surface area contributed by atoms with Crippen LogP contribution < -0.4 is 5.32 Å². The molecule has 2 unspecified atom stereocenters. The van der Waals surface area contributed by atoms with Crippen molar-refractivity contribution in [2.75, 3.05) is 26.4 Å². The number of ether oxygens (including phenoxy) is 1. The maximum atomic E-state index is 10.0. The van der Waals surface area contributed by atoms with Crippen LogP contribution in [0.5, 0.6) is 0 Å². The van der Waals surface area contributed by atoms with Gasteiger partial charge in [0.15, 0.2) is 0 Å². The zero-order chi connectivity index (χ0) is 17.7. The maximum Gasteiger partial charge on any atom is 0.0897 e. The highest BCUT2D eigenvalue weighted by Crippen LogP contribution is 2.12. The molecule has 3 N–H and O–H groups in total. The summed E-state index contributed by atoms with van der Waals surface area (Å²) in [6, 6.07) is 20.3. The molecular weight excluding hydrogens is 314 g/mol. The van der Waals surface area contributed by atoms with Crippen molar-refractivity contribution in [1.29, 1.82) is 0 Å². The second-order valence-electron chi connectivity index (χ2n) is 6.38. The third kappa shape index (κ3) is 8.27. The molecular formula is C21H29NO3. The Balaban J connectivity index is 1.63. The van der Waals surface area contributed by atoms with Crippen molar-refractivity contribution >= 4 is 0 Å². The first-order valence-corrected chi connectivity index (χ1v) is 8.93. The van der Waals surface area contributed by atoms with Gasteiger partial charge in [0.25, 0.3) is 0 Å². The van der Waals surface area contributed by atoms with Gasteiger partial charge in [0, 0.05) is 26.3 Å². The first-order valence-electron chi connectivity index (χ1n) is 8.93. The van der Waals surface area contributed by atoms with Gasteiger partial charge >= 0.3 is 0 Å². The van der Waals surface area contributed by atoms with Crippen molar-refractivity contribution in [3.8, 4) is 0 Å². The molecule has 25 heavy (non-hydrogen) atoms. The van der Waals surface area contributed by atoms with Crippen molar-refractivity contribution in [1.82, 2.24) is 5.32 Å². The SMILES string of the molecule is OCCC(COCC(O)CNCc1ccccc1)Cc1ccccc1. The Kier molecular flexibility index (Phi) is 9.23. The first kappa shape index (κ1) is 19.6. The fourth-order valence-corrected chi connectivity index (χ4v) is 2.78. The quantitative estimate of drug-likeness (QED) is 0.554. The number of benzene rings is 2. The molecule has 0 aliphatic carbocycles. The van der Waals surface area contributed by atoms with Crippen LogP contribution in [-0.4, -0.2) is 42.7 Å². The summed E-state index contributed by atoms with van der Waals surface area (Å²) in [6.45, 7) is 2.24. The zero-order valence-corrected chi connectivity index (χ0v) is 14.7. The standard InChI is InChI=1S/C21H29NO3/c23-12-11-20(13-18-7-3-1-4-8-18)16-25-17-21(24)15-22-14-19-9-5-2-6-10-19/h1-10,20-24H,11-17H2. The van der Waals surface area contributed by atoms with E-state index in [0.29, 0.717) is 26.2 Å². The molecule has 0 aliphatic heterocycles. The molecule has 2 aromatic rings. The molecule has 0 bridgehead atoms. The van der Waals surface area contributed by atoms with Gasteiger partial charge in [-0.2, -0.15) is 0 Å². The van der Waals surface area contributed by atoms with Crippen LogP contribution in [0.1, 0.15) is 17.5 Å². The third-order valence-electron chi connectivity index (χ3n) is 4.12. The average molecular weight is 343 g/mol. The highest BCUT2D eigenvalue weighted by molar-refractivity contribution is 5.15. The fourth-order valence-electron chi connectivity index (χ4n) is 2.78. The van der Waals surface area contributed by atoms with Crippen LogP contribution in [0.2, 0.25) is 0 Å². The fraction of sp³-hybridized carbons (Fsp3) is 0.429. The molecule has 0 aromatic heterocycles. The van der Waals surface area contributed by atoms with Gasteiger partial charge in [-0.05, 0) is 29.9 Å². The summed E-state index contributed by atoms with van der Waals surface area (Å²) in [7, 11) is 0. The lowest BCUT2D eigenvalue weighted by Gasteiger charge is -2.18. The van der Waals surface area contributed by atoms with E-state index < -0.39 is 6.10 Å². The number of nitrogens with one attached hydrogen (secondary N) is 1. The van der Waals surface area contributed by atoms with Gasteiger partial charge in [-0.1, -0.05) is 60.7 Å². The minimum absolute atomic E-state index is 0.155. The summed E-state index contributed by atoms with van der Waals surface area (Å²) in [5.74, 6) is 0.261. The van der Waals surface area contributed by atoms with Gasteiger partial charge in [-0.25, -0.2) is 0 Å². The molecule has 0 heterocycles. The minimum Gasteiger partial charge on any atom is -0.396 e. The summed E-state index contributed by atoms with van der Waals surface area (Å²) >= 11 is 0. The van der Waals surface area contributed by atoms with Crippen molar-refractivity contribution < 1.29 is 14.9 Å². The summed E-state index contributed by atoms with van der Waals surface area (Å²) in [6.07, 6.45) is 1.05. The Labute approximate surface area is 150 Å². The Morgan fingerprint density at radius 2 is 1.52 bits per heavy atom. The van der Waals surface area contributed by atoms with E-state index in [1.807, 2.05) is 36.4 Å². The van der Waals surface area contributed by atoms with Crippen LogP contribution in [0, 0.1) is 5.92 Å². The predicted octanol–water partition coefficient (Wildman–Crippen LogP) is 2.39. The lowest BCUT2D eigenvalue weighted by atomic mass is 9.97. The van der Waals surface area contributed by atoms with E-state index in [2.05, 4.69) is 29.6 Å². The van der Waals surface area contributed by atoms with Gasteiger partial charge in [-0.3, -0.25) is 0 Å². The number of aliphatic hydroxyl groups excluding tert-OH is 2. The van der Waals surface area contributed by atoms with E-state index in [-0.39, 0.29) is 12.5 Å². The topological polar surface area (TPSA) is 61.7 Å². The second-order valence-corrected chi connectivity index (χ2v) is 6.38. The molecule has 0 spiro atoms. The van der Waals surface area contributed by atoms with Crippen molar-refractivity contribution in [2.24, 2.45) is 5.92 Å². The van der Waals surface area contributed by atoms with Crippen LogP contribution in [0.4, 0.5) is 0 Å². The van der Waals surface area contributed by atoms with Gasteiger partial charge in [0.05, 0.1) is 12.7 Å². The molecule has 0 fully saturated rings. The van der Waals surface area contributed by atoms with E-state index >= 15 is 0 Å². The molecule has 0 saturated carbocycles. The van der Waals surface area contributed by atoms with Crippen LogP contribution >= 0.6 is 0 Å². The number of hydrogen-bond acceptors (Lipinski definition) is 4. The monoisotopic (exact) mass is 343 g/mol. The summed E-state index contributed by atoms with van der Waals surface area (Å²) in [5, 5.41) is 22.5. The van der Waals surface area contributed by atoms with Crippen LogP contribution in [0.3, 0.4) is 0 Å². The summed E-state index contributed by atoms with van der Waals surface area (Å²) in [4.78, 5) is 0. The summed E-state index contributed by atoms with van der Waals surface area (Å²) in [5.41, 5.74) is 2.44. The second kappa shape index (κ2) is 11.8. The highest BCUT2D eigenvalue weighted by Gasteiger charge is 2.11. The van der Waals surface area contributed by atoms with Gasteiger partial charge in [0.2, 0.25) is 0 Å². The Hall–Kier alpha value is -1.72. The largest absolute Gasteiger partial charge is 0.396 e. The first-order chi connectivity index (χ1) is 12.3. The lowest BCUT2D eigenvalue weighted by Crippen LogP contribution is -2.31. The molecule has 0 amide bonds. The smallest absolute Gasteiger partial charge is 0.0897 e. The molecule has 2 aromatic carbocycles. The van der Waals surface area contributed by atoms with E-state index in [1.165, 1.54) is 11.1 Å². The van der Waals surface area contributed by atoms with Crippen LogP contribution in [0.25, 0.3) is 0 Å². The summed E-state index contributed by atoms with van der Waals surface area (Å²) < 4.78 is 5.68. The molecule has 4 nitrogen and oxygen atoms in total.